The Labute approximate surface area is 125 Å². The first-order valence-electron chi connectivity index (χ1n) is 5.77. The van der Waals surface area contributed by atoms with Gasteiger partial charge in [0.15, 0.2) is 0 Å². The van der Waals surface area contributed by atoms with Crippen LogP contribution >= 0.6 is 27.3 Å². The summed E-state index contributed by atoms with van der Waals surface area (Å²) in [6, 6.07) is 9.81. The molecule has 0 unspecified atom stereocenters. The molecule has 1 N–H and O–H groups in total. The normalized spacial score (nSPS) is 11.7. The molecule has 1 aromatic carbocycles. The number of sulfonamides is 1. The van der Waals surface area contributed by atoms with Gasteiger partial charge in [0, 0.05) is 11.0 Å². The van der Waals surface area contributed by atoms with E-state index in [0.717, 1.165) is 5.56 Å². The van der Waals surface area contributed by atoms with Gasteiger partial charge in [-0.3, -0.25) is 0 Å². The van der Waals surface area contributed by atoms with Gasteiger partial charge in [-0.1, -0.05) is 29.8 Å². The second kappa shape index (κ2) is 6.17. The quantitative estimate of drug-likeness (QED) is 0.889. The maximum atomic E-state index is 12.0. The molecule has 0 amide bonds. The first-order valence-corrected chi connectivity index (χ1v) is 8.93. The van der Waals surface area contributed by atoms with Crippen molar-refractivity contribution in [3.8, 4) is 0 Å². The fraction of sp³-hybridized carbons (Fsp3) is 0.231. The van der Waals surface area contributed by atoms with Crippen LogP contribution in [0, 0.1) is 6.92 Å². The second-order valence-electron chi connectivity index (χ2n) is 4.19. The molecule has 0 fully saturated rings. The summed E-state index contributed by atoms with van der Waals surface area (Å²) >= 11 is 4.45. The maximum absolute atomic E-state index is 12.0. The average Bonchev–Trinajstić information content (AvgIpc) is 2.76. The molecule has 0 atom stereocenters. The molecule has 2 aromatic rings. The highest BCUT2D eigenvalue weighted by Crippen LogP contribution is 2.27. The van der Waals surface area contributed by atoms with Gasteiger partial charge >= 0.3 is 0 Å². The van der Waals surface area contributed by atoms with E-state index in [1.54, 1.807) is 11.4 Å². The number of benzene rings is 1. The van der Waals surface area contributed by atoms with Crippen LogP contribution in [0.2, 0.25) is 0 Å². The van der Waals surface area contributed by atoms with Crippen molar-refractivity contribution in [3.63, 3.8) is 0 Å². The number of hydrogen-bond acceptors (Lipinski definition) is 3. The molecule has 0 aliphatic carbocycles. The minimum absolute atomic E-state index is 0.330. The molecule has 1 heterocycles. The van der Waals surface area contributed by atoms with Gasteiger partial charge in [0.25, 0.3) is 10.0 Å². The van der Waals surface area contributed by atoms with Crippen molar-refractivity contribution in [1.29, 1.82) is 0 Å². The van der Waals surface area contributed by atoms with E-state index in [4.69, 9.17) is 0 Å². The summed E-state index contributed by atoms with van der Waals surface area (Å²) in [7, 11) is -3.41. The van der Waals surface area contributed by atoms with Gasteiger partial charge in [0.05, 0.1) is 0 Å². The Morgan fingerprint density at radius 2 is 2.11 bits per heavy atom. The lowest BCUT2D eigenvalue weighted by Crippen LogP contribution is -2.25. The molecule has 0 aliphatic heterocycles. The topological polar surface area (TPSA) is 46.2 Å². The van der Waals surface area contributed by atoms with Gasteiger partial charge in [-0.15, -0.1) is 11.3 Å². The van der Waals surface area contributed by atoms with Crippen molar-refractivity contribution >= 4 is 37.3 Å². The van der Waals surface area contributed by atoms with E-state index < -0.39 is 10.0 Å². The highest BCUT2D eigenvalue weighted by molar-refractivity contribution is 9.10. The van der Waals surface area contributed by atoms with E-state index in [1.807, 2.05) is 25.1 Å². The molecule has 0 saturated heterocycles. The van der Waals surface area contributed by atoms with Crippen molar-refractivity contribution < 1.29 is 8.42 Å². The lowest BCUT2D eigenvalue weighted by Gasteiger charge is -2.06. The highest BCUT2D eigenvalue weighted by Gasteiger charge is 2.18. The van der Waals surface area contributed by atoms with Crippen molar-refractivity contribution in [2.75, 3.05) is 6.54 Å². The second-order valence-corrected chi connectivity index (χ2v) is 7.93. The van der Waals surface area contributed by atoms with Gasteiger partial charge in [-0.25, -0.2) is 13.1 Å². The summed E-state index contributed by atoms with van der Waals surface area (Å²) in [6.45, 7) is 2.42. The van der Waals surface area contributed by atoms with E-state index in [-0.39, 0.29) is 0 Å². The molecule has 1 aromatic heterocycles. The van der Waals surface area contributed by atoms with E-state index >= 15 is 0 Å². The lowest BCUT2D eigenvalue weighted by molar-refractivity contribution is 0.583. The van der Waals surface area contributed by atoms with Gasteiger partial charge in [-0.2, -0.15) is 0 Å². The molecule has 102 valence electrons. The Hall–Kier alpha value is -0.690. The average molecular weight is 360 g/mol. The Morgan fingerprint density at radius 1 is 1.32 bits per heavy atom. The molecular formula is C13H14BrNO2S2. The molecule has 0 saturated carbocycles. The Bertz CT molecular complexity index is 665. The first kappa shape index (κ1) is 14.7. The largest absolute Gasteiger partial charge is 0.251 e. The summed E-state index contributed by atoms with van der Waals surface area (Å²) in [4.78, 5) is 0. The van der Waals surface area contributed by atoms with Gasteiger partial charge in [0.2, 0.25) is 0 Å². The standard InChI is InChI=1S/C13H14BrNO2S2/c1-10-3-2-4-11(9-10)5-7-15-19(16,17)13-12(14)6-8-18-13/h2-4,6,8-9,15H,5,7H2,1H3. The smallest absolute Gasteiger partial charge is 0.210 e. The summed E-state index contributed by atoms with van der Waals surface area (Å²) in [5.41, 5.74) is 2.31. The number of aryl methyl sites for hydroxylation is 1. The monoisotopic (exact) mass is 359 g/mol. The lowest BCUT2D eigenvalue weighted by atomic mass is 10.1. The molecule has 0 radical (unpaired) electrons. The third-order valence-corrected chi connectivity index (χ3v) is 6.75. The van der Waals surface area contributed by atoms with Crippen LogP contribution in [0.25, 0.3) is 0 Å². The Kier molecular flexibility index (Phi) is 4.78. The maximum Gasteiger partial charge on any atom is 0.251 e. The highest BCUT2D eigenvalue weighted by atomic mass is 79.9. The van der Waals surface area contributed by atoms with Crippen LogP contribution in [-0.4, -0.2) is 15.0 Å². The van der Waals surface area contributed by atoms with Crippen LogP contribution < -0.4 is 4.72 Å². The Morgan fingerprint density at radius 3 is 2.74 bits per heavy atom. The minimum Gasteiger partial charge on any atom is -0.210 e. The molecule has 0 spiro atoms. The van der Waals surface area contributed by atoms with E-state index in [9.17, 15) is 8.42 Å². The van der Waals surface area contributed by atoms with Crippen molar-refractivity contribution in [2.24, 2.45) is 0 Å². The number of thiophene rings is 1. The van der Waals surface area contributed by atoms with Crippen LogP contribution in [0.15, 0.2) is 44.4 Å². The SMILES string of the molecule is Cc1cccc(CCNS(=O)(=O)c2sccc2Br)c1. The first-order chi connectivity index (χ1) is 8.99. The molecular weight excluding hydrogens is 346 g/mol. The van der Waals surface area contributed by atoms with Crippen LogP contribution in [0.3, 0.4) is 0 Å². The summed E-state index contributed by atoms with van der Waals surface area (Å²) in [6.07, 6.45) is 0.684. The number of hydrogen-bond donors (Lipinski definition) is 1. The van der Waals surface area contributed by atoms with Gasteiger partial charge < -0.3 is 0 Å². The predicted octanol–water partition coefficient (Wildman–Crippen LogP) is 3.34. The van der Waals surface area contributed by atoms with Crippen molar-refractivity contribution in [1.82, 2.24) is 4.72 Å². The van der Waals surface area contributed by atoms with Crippen molar-refractivity contribution in [2.45, 2.75) is 17.6 Å². The number of rotatable bonds is 5. The van der Waals surface area contributed by atoms with Gasteiger partial charge in [-0.05, 0) is 46.3 Å². The van der Waals surface area contributed by atoms with E-state index in [1.165, 1.54) is 16.9 Å². The van der Waals surface area contributed by atoms with Crippen LogP contribution in [0.1, 0.15) is 11.1 Å². The predicted molar refractivity (Wildman–Crippen MR) is 82.1 cm³/mol. The van der Waals surface area contributed by atoms with E-state index in [2.05, 4.69) is 26.7 Å². The zero-order valence-electron chi connectivity index (χ0n) is 10.4. The molecule has 3 nitrogen and oxygen atoms in total. The fourth-order valence-corrected chi connectivity index (χ4v) is 5.15. The zero-order chi connectivity index (χ0) is 13.9. The fourth-order valence-electron chi connectivity index (χ4n) is 1.73. The summed E-state index contributed by atoms with van der Waals surface area (Å²) in [5, 5.41) is 1.75. The minimum atomic E-state index is -3.41. The third kappa shape index (κ3) is 3.89. The molecule has 6 heteroatoms. The Balaban J connectivity index is 1.98. The third-order valence-electron chi connectivity index (χ3n) is 2.62. The number of halogens is 1. The zero-order valence-corrected chi connectivity index (χ0v) is 13.6. The van der Waals surface area contributed by atoms with Crippen LogP contribution in [0.4, 0.5) is 0 Å². The molecule has 0 bridgehead atoms. The molecule has 2 rings (SSSR count). The molecule has 0 aliphatic rings. The molecule has 19 heavy (non-hydrogen) atoms. The van der Waals surface area contributed by atoms with Crippen molar-refractivity contribution in [3.05, 3.63) is 51.3 Å². The summed E-state index contributed by atoms with van der Waals surface area (Å²) < 4.78 is 27.6. The summed E-state index contributed by atoms with van der Waals surface area (Å²) in [5.74, 6) is 0. The van der Waals surface area contributed by atoms with Crippen LogP contribution in [-0.2, 0) is 16.4 Å². The van der Waals surface area contributed by atoms with Crippen LogP contribution in [0.5, 0.6) is 0 Å². The number of nitrogens with one attached hydrogen (secondary N) is 1. The van der Waals surface area contributed by atoms with E-state index in [0.29, 0.717) is 21.6 Å². The van der Waals surface area contributed by atoms with Gasteiger partial charge in [0.1, 0.15) is 4.21 Å².